The zero-order valence-electron chi connectivity index (χ0n) is 11.9. The lowest BCUT2D eigenvalue weighted by Crippen LogP contribution is -2.23. The largest absolute Gasteiger partial charge is 0.619 e. The van der Waals surface area contributed by atoms with Crippen LogP contribution in [0.25, 0.3) is 15.7 Å². The molecule has 3 aromatic heterocycles. The van der Waals surface area contributed by atoms with Crippen molar-refractivity contribution in [3.8, 4) is 0 Å². The zero-order chi connectivity index (χ0) is 16.9. The second-order valence-corrected chi connectivity index (χ2v) is 7.85. The monoisotopic (exact) mass is 380 g/mol. The van der Waals surface area contributed by atoms with Crippen molar-refractivity contribution in [2.24, 2.45) is 0 Å². The number of nitrogens with one attached hydrogen (secondary N) is 1. The van der Waals surface area contributed by atoms with Crippen molar-refractivity contribution >= 4 is 54.4 Å². The molecule has 122 valence electrons. The Labute approximate surface area is 145 Å². The zero-order valence-corrected chi connectivity index (χ0v) is 14.3. The first-order valence-electron chi connectivity index (χ1n) is 6.70. The third-order valence-corrected chi connectivity index (χ3v) is 5.98. The normalized spacial score (nSPS) is 12.0. The molecule has 0 saturated carbocycles. The highest BCUT2D eigenvalue weighted by molar-refractivity contribution is 7.92. The molecule has 0 fully saturated rings. The van der Waals surface area contributed by atoms with Crippen LogP contribution < -0.4 is 9.45 Å². The van der Waals surface area contributed by atoms with E-state index in [0.29, 0.717) is 20.8 Å². The second-order valence-electron chi connectivity index (χ2n) is 5.02. The molecule has 3 heterocycles. The van der Waals surface area contributed by atoms with Crippen LogP contribution in [0.5, 0.6) is 0 Å². The lowest BCUT2D eigenvalue weighted by atomic mass is 10.1. The quantitative estimate of drug-likeness (QED) is 0.437. The van der Waals surface area contributed by atoms with Crippen molar-refractivity contribution in [1.82, 2.24) is 9.38 Å². The van der Waals surface area contributed by atoms with E-state index in [4.69, 9.17) is 11.6 Å². The van der Waals surface area contributed by atoms with Crippen LogP contribution in [0.1, 0.15) is 0 Å². The van der Waals surface area contributed by atoms with Crippen LogP contribution >= 0.6 is 22.9 Å². The molecular formula is C14H9ClN4O3S2. The summed E-state index contributed by atoms with van der Waals surface area (Å²) in [5.74, 6) is 0. The SMILES string of the molecule is O=S(=O)(Nc1ccc2c[n+]([O-])ccc2c1)c1c(Cl)nc2sccn12. The van der Waals surface area contributed by atoms with Crippen LogP contribution in [-0.2, 0) is 10.0 Å². The van der Waals surface area contributed by atoms with Gasteiger partial charge in [0.1, 0.15) is 0 Å². The summed E-state index contributed by atoms with van der Waals surface area (Å²) in [6, 6.07) is 6.51. The molecule has 0 aliphatic heterocycles. The Hall–Kier alpha value is -2.36. The van der Waals surface area contributed by atoms with Gasteiger partial charge in [0, 0.05) is 28.7 Å². The fraction of sp³-hybridized carbons (Fsp3) is 0. The molecular weight excluding hydrogens is 372 g/mol. The van der Waals surface area contributed by atoms with Crippen LogP contribution in [0.15, 0.2) is 53.3 Å². The first kappa shape index (κ1) is 15.2. The fourth-order valence-corrected chi connectivity index (χ4v) is 4.92. The molecule has 0 radical (unpaired) electrons. The van der Waals surface area contributed by atoms with Gasteiger partial charge in [0.15, 0.2) is 27.5 Å². The molecule has 10 heteroatoms. The van der Waals surface area contributed by atoms with E-state index >= 15 is 0 Å². The van der Waals surface area contributed by atoms with Crippen molar-refractivity contribution < 1.29 is 13.1 Å². The van der Waals surface area contributed by atoms with Crippen LogP contribution in [0.2, 0.25) is 5.15 Å². The predicted molar refractivity (Wildman–Crippen MR) is 91.8 cm³/mol. The number of pyridine rings is 1. The lowest BCUT2D eigenvalue weighted by Gasteiger charge is -2.08. The highest BCUT2D eigenvalue weighted by Gasteiger charge is 2.25. The maximum atomic E-state index is 12.7. The molecule has 0 bridgehead atoms. The number of halogens is 1. The number of rotatable bonds is 3. The third kappa shape index (κ3) is 2.46. The predicted octanol–water partition coefficient (Wildman–Crippen LogP) is 2.64. The van der Waals surface area contributed by atoms with Crippen molar-refractivity contribution in [2.75, 3.05) is 4.72 Å². The van der Waals surface area contributed by atoms with Gasteiger partial charge in [-0.1, -0.05) is 11.6 Å². The molecule has 0 saturated heterocycles. The Balaban J connectivity index is 1.77. The van der Waals surface area contributed by atoms with Crippen LogP contribution in [0.4, 0.5) is 5.69 Å². The first-order valence-corrected chi connectivity index (χ1v) is 9.44. The first-order chi connectivity index (χ1) is 11.4. The number of benzene rings is 1. The van der Waals surface area contributed by atoms with Gasteiger partial charge < -0.3 is 5.21 Å². The minimum absolute atomic E-state index is 0.0810. The Kier molecular flexibility index (Phi) is 3.37. The van der Waals surface area contributed by atoms with Crippen LogP contribution in [0.3, 0.4) is 0 Å². The van der Waals surface area contributed by atoms with E-state index in [1.807, 2.05) is 0 Å². The molecule has 1 aromatic carbocycles. The number of fused-ring (bicyclic) bond motifs is 2. The van der Waals surface area contributed by atoms with Crippen molar-refractivity contribution in [1.29, 1.82) is 0 Å². The molecule has 0 aliphatic carbocycles. The summed E-state index contributed by atoms with van der Waals surface area (Å²) in [5.41, 5.74) is 0.368. The molecule has 0 atom stereocenters. The molecule has 7 nitrogen and oxygen atoms in total. The van der Waals surface area contributed by atoms with E-state index < -0.39 is 10.0 Å². The number of hydrogen-bond acceptors (Lipinski definition) is 5. The van der Waals surface area contributed by atoms with E-state index in [2.05, 4.69) is 9.71 Å². The van der Waals surface area contributed by atoms with Crippen LogP contribution in [-0.4, -0.2) is 17.8 Å². The maximum Gasteiger partial charge on any atom is 0.281 e. The van der Waals surface area contributed by atoms with Crippen molar-refractivity contribution in [3.05, 3.63) is 58.6 Å². The van der Waals surface area contributed by atoms with Crippen LogP contribution in [0, 0.1) is 5.21 Å². The highest BCUT2D eigenvalue weighted by atomic mass is 35.5. The number of sulfonamides is 1. The Morgan fingerprint density at radius 1 is 1.29 bits per heavy atom. The number of aromatic nitrogens is 3. The van der Waals surface area contributed by atoms with Crippen molar-refractivity contribution in [3.63, 3.8) is 0 Å². The Morgan fingerprint density at radius 2 is 2.12 bits per heavy atom. The number of imidazole rings is 1. The van der Waals surface area contributed by atoms with Gasteiger partial charge in [-0.05, 0) is 23.6 Å². The summed E-state index contributed by atoms with van der Waals surface area (Å²) in [6.45, 7) is 0. The summed E-state index contributed by atoms with van der Waals surface area (Å²) in [5, 5.41) is 14.3. The minimum Gasteiger partial charge on any atom is -0.619 e. The van der Waals surface area contributed by atoms with Gasteiger partial charge in [-0.3, -0.25) is 9.12 Å². The molecule has 0 aliphatic rings. The molecule has 1 N–H and O–H groups in total. The molecule has 0 spiro atoms. The second kappa shape index (κ2) is 5.33. The van der Waals surface area contributed by atoms with Gasteiger partial charge in [0.05, 0.1) is 0 Å². The van der Waals surface area contributed by atoms with Gasteiger partial charge in [-0.25, -0.2) is 4.98 Å². The molecule has 0 amide bonds. The Morgan fingerprint density at radius 3 is 2.96 bits per heavy atom. The van der Waals surface area contributed by atoms with E-state index in [0.717, 1.165) is 5.39 Å². The standard InChI is InChI=1S/C14H9ClN4O3S2/c15-12-13(19-5-6-23-14(19)16-12)24(21,22)17-11-2-1-10-8-18(20)4-3-9(10)7-11/h1-8,17H. The summed E-state index contributed by atoms with van der Waals surface area (Å²) in [6.07, 6.45) is 4.36. The lowest BCUT2D eigenvalue weighted by molar-refractivity contribution is -0.603. The number of nitrogens with zero attached hydrogens (tertiary/aromatic N) is 3. The summed E-state index contributed by atoms with van der Waals surface area (Å²) in [7, 11) is -3.92. The maximum absolute atomic E-state index is 12.7. The van der Waals surface area contributed by atoms with Gasteiger partial charge in [-0.15, -0.1) is 11.3 Å². The fourth-order valence-electron chi connectivity index (χ4n) is 2.42. The van der Waals surface area contributed by atoms with Gasteiger partial charge in [0.25, 0.3) is 10.0 Å². The Bertz CT molecular complexity index is 1180. The van der Waals surface area contributed by atoms with Gasteiger partial charge in [0.2, 0.25) is 0 Å². The molecule has 4 aromatic rings. The summed E-state index contributed by atoms with van der Waals surface area (Å²) >= 11 is 7.28. The highest BCUT2D eigenvalue weighted by Crippen LogP contribution is 2.28. The molecule has 0 unspecified atom stereocenters. The van der Waals surface area contributed by atoms with Gasteiger partial charge in [-0.2, -0.15) is 13.1 Å². The third-order valence-electron chi connectivity index (χ3n) is 3.44. The van der Waals surface area contributed by atoms with E-state index in [1.165, 1.54) is 28.1 Å². The van der Waals surface area contributed by atoms with E-state index in [-0.39, 0.29) is 10.2 Å². The summed E-state index contributed by atoms with van der Waals surface area (Å²) < 4.78 is 30.0. The van der Waals surface area contributed by atoms with E-state index in [1.54, 1.807) is 35.8 Å². The minimum atomic E-state index is -3.92. The number of thiazole rings is 1. The van der Waals surface area contributed by atoms with Gasteiger partial charge >= 0.3 is 0 Å². The van der Waals surface area contributed by atoms with Crippen molar-refractivity contribution in [2.45, 2.75) is 5.03 Å². The molecule has 24 heavy (non-hydrogen) atoms. The number of hydrogen-bond donors (Lipinski definition) is 1. The van der Waals surface area contributed by atoms with E-state index in [9.17, 15) is 13.6 Å². The molecule has 4 rings (SSSR count). The average molecular weight is 381 g/mol. The number of anilines is 1. The summed E-state index contributed by atoms with van der Waals surface area (Å²) in [4.78, 5) is 4.53. The smallest absolute Gasteiger partial charge is 0.281 e. The average Bonchev–Trinajstić information content (AvgIpc) is 3.06. The topological polar surface area (TPSA) is 90.4 Å².